The van der Waals surface area contributed by atoms with E-state index in [4.69, 9.17) is 17.0 Å². The highest BCUT2D eigenvalue weighted by Gasteiger charge is 2.36. The Kier molecular flexibility index (Phi) is 5.32. The normalized spacial score (nSPS) is 17.1. The Hall–Kier alpha value is -2.67. The maximum absolute atomic E-state index is 12.8. The van der Waals surface area contributed by atoms with E-state index in [1.54, 1.807) is 17.8 Å². The summed E-state index contributed by atoms with van der Waals surface area (Å²) in [6.07, 6.45) is 3.61. The lowest BCUT2D eigenvalue weighted by atomic mass is 9.96. The zero-order chi connectivity index (χ0) is 19.7. The van der Waals surface area contributed by atoms with Crippen molar-refractivity contribution in [1.82, 2.24) is 15.1 Å². The topological polar surface area (TPSA) is 59.4 Å². The lowest BCUT2D eigenvalue weighted by molar-refractivity contribution is -0.139. The maximum Gasteiger partial charge on any atom is 0.338 e. The highest BCUT2D eigenvalue weighted by Crippen LogP contribution is 2.34. The third kappa shape index (κ3) is 3.73. The molecule has 7 heteroatoms. The van der Waals surface area contributed by atoms with Crippen molar-refractivity contribution in [2.75, 3.05) is 11.5 Å². The number of esters is 1. The van der Waals surface area contributed by atoms with Crippen LogP contribution >= 0.6 is 12.2 Å². The van der Waals surface area contributed by atoms with E-state index in [0.717, 1.165) is 28.1 Å². The molecule has 2 heterocycles. The number of anilines is 1. The number of aromatic nitrogens is 2. The summed E-state index contributed by atoms with van der Waals surface area (Å²) in [6, 6.07) is 5.82. The van der Waals surface area contributed by atoms with Crippen LogP contribution < -0.4 is 10.2 Å². The molecule has 0 aliphatic carbocycles. The quantitative estimate of drug-likeness (QED) is 0.645. The highest BCUT2D eigenvalue weighted by atomic mass is 32.1. The number of nitrogens with one attached hydrogen (secondary N) is 1. The fourth-order valence-corrected chi connectivity index (χ4v) is 3.81. The predicted octanol–water partition coefficient (Wildman–Crippen LogP) is 3.31. The molecular formula is C20H24N4O2S. The Morgan fingerprint density at radius 1 is 1.26 bits per heavy atom. The zero-order valence-electron chi connectivity index (χ0n) is 16.2. The second-order valence-corrected chi connectivity index (χ2v) is 7.12. The summed E-state index contributed by atoms with van der Waals surface area (Å²) in [7, 11) is 1.84. The van der Waals surface area contributed by atoms with Crippen LogP contribution in [0.2, 0.25) is 0 Å². The minimum atomic E-state index is -0.396. The minimum Gasteiger partial charge on any atom is -0.463 e. The van der Waals surface area contributed by atoms with Crippen molar-refractivity contribution in [3.8, 4) is 0 Å². The van der Waals surface area contributed by atoms with Gasteiger partial charge in [-0.25, -0.2) is 4.79 Å². The Labute approximate surface area is 164 Å². The van der Waals surface area contributed by atoms with E-state index < -0.39 is 6.04 Å². The summed E-state index contributed by atoms with van der Waals surface area (Å²) in [5.41, 5.74) is 5.35. The average Bonchev–Trinajstić information content (AvgIpc) is 3.00. The summed E-state index contributed by atoms with van der Waals surface area (Å²) in [4.78, 5) is 14.7. The molecule has 1 N–H and O–H groups in total. The van der Waals surface area contributed by atoms with E-state index in [2.05, 4.69) is 28.6 Å². The van der Waals surface area contributed by atoms with E-state index >= 15 is 0 Å². The number of allylic oxidation sites excluding steroid dienone is 1. The van der Waals surface area contributed by atoms with Gasteiger partial charge >= 0.3 is 5.97 Å². The smallest absolute Gasteiger partial charge is 0.338 e. The molecule has 1 unspecified atom stereocenters. The van der Waals surface area contributed by atoms with Crippen LogP contribution in [0.4, 0.5) is 5.69 Å². The van der Waals surface area contributed by atoms with Crippen molar-refractivity contribution >= 4 is 29.0 Å². The van der Waals surface area contributed by atoms with Gasteiger partial charge in [0.25, 0.3) is 0 Å². The van der Waals surface area contributed by atoms with E-state index in [0.29, 0.717) is 17.3 Å². The van der Waals surface area contributed by atoms with Crippen molar-refractivity contribution in [3.63, 3.8) is 0 Å². The standard InChI is InChI=1S/C20H24N4O2S/c1-6-26-19(25)17-14(4)24(16-8-12(2)7-13(3)9-16)20(27)22-18(17)15-10-21-23(5)11-15/h7-11,18H,6H2,1-5H3,(H,22,27). The van der Waals surface area contributed by atoms with Gasteiger partial charge in [-0.2, -0.15) is 5.10 Å². The second-order valence-electron chi connectivity index (χ2n) is 6.73. The van der Waals surface area contributed by atoms with Crippen LogP contribution in [-0.4, -0.2) is 27.5 Å². The van der Waals surface area contributed by atoms with Gasteiger partial charge in [-0.3, -0.25) is 9.58 Å². The largest absolute Gasteiger partial charge is 0.463 e. The van der Waals surface area contributed by atoms with Crippen molar-refractivity contribution in [2.45, 2.75) is 33.7 Å². The lowest BCUT2D eigenvalue weighted by Crippen LogP contribution is -2.48. The van der Waals surface area contributed by atoms with Gasteiger partial charge in [0.15, 0.2) is 5.11 Å². The number of thiocarbonyl (C=S) groups is 1. The molecule has 142 valence electrons. The molecule has 27 heavy (non-hydrogen) atoms. The van der Waals surface area contributed by atoms with Crippen molar-refractivity contribution in [2.24, 2.45) is 7.05 Å². The van der Waals surface area contributed by atoms with Gasteiger partial charge in [-0.05, 0) is 63.2 Å². The van der Waals surface area contributed by atoms with Crippen LogP contribution in [0, 0.1) is 13.8 Å². The molecule has 0 amide bonds. The van der Waals surface area contributed by atoms with Gasteiger partial charge in [0.1, 0.15) is 0 Å². The van der Waals surface area contributed by atoms with Crippen LogP contribution in [-0.2, 0) is 16.6 Å². The van der Waals surface area contributed by atoms with E-state index in [9.17, 15) is 4.79 Å². The first kappa shape index (κ1) is 19.1. The van der Waals surface area contributed by atoms with Crippen LogP contribution in [0.5, 0.6) is 0 Å². The summed E-state index contributed by atoms with van der Waals surface area (Å²) < 4.78 is 7.05. The first-order valence-corrected chi connectivity index (χ1v) is 9.28. The fraction of sp³-hybridized carbons (Fsp3) is 0.350. The Morgan fingerprint density at radius 3 is 2.48 bits per heavy atom. The number of hydrogen-bond donors (Lipinski definition) is 1. The molecule has 0 radical (unpaired) electrons. The number of carbonyl (C=O) groups is 1. The van der Waals surface area contributed by atoms with Gasteiger partial charge < -0.3 is 10.1 Å². The van der Waals surface area contributed by atoms with E-state index in [1.165, 1.54) is 0 Å². The predicted molar refractivity (Wildman–Crippen MR) is 109 cm³/mol. The highest BCUT2D eigenvalue weighted by molar-refractivity contribution is 7.80. The number of nitrogens with zero attached hydrogens (tertiary/aromatic N) is 3. The molecule has 1 aromatic carbocycles. The van der Waals surface area contributed by atoms with E-state index in [1.807, 2.05) is 38.9 Å². The van der Waals surface area contributed by atoms with Crippen molar-refractivity contribution in [1.29, 1.82) is 0 Å². The molecule has 0 spiro atoms. The molecule has 1 aromatic heterocycles. The second kappa shape index (κ2) is 7.52. The first-order valence-electron chi connectivity index (χ1n) is 8.87. The first-order chi connectivity index (χ1) is 12.8. The van der Waals surface area contributed by atoms with Gasteiger partial charge in [0.2, 0.25) is 0 Å². The number of aryl methyl sites for hydroxylation is 3. The van der Waals surface area contributed by atoms with Crippen molar-refractivity contribution in [3.05, 3.63) is 58.6 Å². The zero-order valence-corrected chi connectivity index (χ0v) is 17.1. The molecule has 3 rings (SSSR count). The molecule has 0 bridgehead atoms. The molecule has 1 aliphatic heterocycles. The summed E-state index contributed by atoms with van der Waals surface area (Å²) in [5, 5.41) is 8.07. The number of benzene rings is 1. The third-order valence-corrected chi connectivity index (χ3v) is 4.80. The molecule has 2 aromatic rings. The van der Waals surface area contributed by atoms with Crippen LogP contribution in [0.15, 0.2) is 41.9 Å². The van der Waals surface area contributed by atoms with Crippen LogP contribution in [0.1, 0.15) is 36.6 Å². The molecule has 1 aliphatic rings. The monoisotopic (exact) mass is 384 g/mol. The number of rotatable bonds is 4. The summed E-state index contributed by atoms with van der Waals surface area (Å²) >= 11 is 5.66. The Balaban J connectivity index is 2.15. The van der Waals surface area contributed by atoms with Crippen LogP contribution in [0.25, 0.3) is 0 Å². The van der Waals surface area contributed by atoms with Gasteiger partial charge in [-0.15, -0.1) is 0 Å². The SMILES string of the molecule is CCOC(=O)C1=C(C)N(c2cc(C)cc(C)c2)C(=S)NC1c1cnn(C)c1. The third-order valence-electron chi connectivity index (χ3n) is 4.50. The van der Waals surface area contributed by atoms with Crippen LogP contribution in [0.3, 0.4) is 0 Å². The van der Waals surface area contributed by atoms with Crippen molar-refractivity contribution < 1.29 is 9.53 Å². The van der Waals surface area contributed by atoms with Gasteiger partial charge in [0.05, 0.1) is 24.4 Å². The lowest BCUT2D eigenvalue weighted by Gasteiger charge is -2.37. The number of carbonyl (C=O) groups excluding carboxylic acids is 1. The molecule has 6 nitrogen and oxygen atoms in total. The van der Waals surface area contributed by atoms with Gasteiger partial charge in [0, 0.05) is 30.2 Å². The Morgan fingerprint density at radius 2 is 1.93 bits per heavy atom. The Bertz CT molecular complexity index is 912. The summed E-state index contributed by atoms with van der Waals surface area (Å²) in [6.45, 7) is 8.10. The minimum absolute atomic E-state index is 0.309. The molecule has 0 saturated heterocycles. The molecule has 0 saturated carbocycles. The average molecular weight is 385 g/mol. The maximum atomic E-state index is 12.8. The number of hydrogen-bond acceptors (Lipinski definition) is 4. The van der Waals surface area contributed by atoms with Gasteiger partial charge in [-0.1, -0.05) is 6.07 Å². The number of ether oxygens (including phenoxy) is 1. The molecule has 0 fully saturated rings. The molecule has 1 atom stereocenters. The summed E-state index contributed by atoms with van der Waals surface area (Å²) in [5.74, 6) is -0.353. The molecular weight excluding hydrogens is 360 g/mol. The van der Waals surface area contributed by atoms with E-state index in [-0.39, 0.29) is 5.97 Å². The fourth-order valence-electron chi connectivity index (χ4n) is 3.45.